The smallest absolute Gasteiger partial charge is 0.231 e. The average molecular weight is 260 g/mol. The molecule has 0 aliphatic heterocycles. The van der Waals surface area contributed by atoms with Crippen LogP contribution in [0.4, 0.5) is 5.69 Å². The predicted octanol–water partition coefficient (Wildman–Crippen LogP) is 3.85. The van der Waals surface area contributed by atoms with Gasteiger partial charge in [-0.2, -0.15) is 0 Å². The molecule has 1 amide bonds. The van der Waals surface area contributed by atoms with Crippen molar-refractivity contribution in [1.82, 2.24) is 0 Å². The monoisotopic (exact) mass is 259 g/mol. The SMILES string of the molecule is Cc1ccc(NC(=O)C(C)(C)CCl)cc1Cl. The van der Waals surface area contributed by atoms with Crippen molar-refractivity contribution in [3.8, 4) is 0 Å². The predicted molar refractivity (Wildman–Crippen MR) is 69.3 cm³/mol. The second-order valence-electron chi connectivity index (χ2n) is 4.44. The van der Waals surface area contributed by atoms with Crippen LogP contribution in [0, 0.1) is 12.3 Å². The largest absolute Gasteiger partial charge is 0.326 e. The van der Waals surface area contributed by atoms with Crippen molar-refractivity contribution in [2.45, 2.75) is 20.8 Å². The minimum absolute atomic E-state index is 0.109. The van der Waals surface area contributed by atoms with Gasteiger partial charge in [-0.05, 0) is 38.5 Å². The molecule has 1 N–H and O–H groups in total. The summed E-state index contributed by atoms with van der Waals surface area (Å²) in [6.45, 7) is 5.51. The number of halogens is 2. The van der Waals surface area contributed by atoms with Crippen molar-refractivity contribution in [1.29, 1.82) is 0 Å². The fraction of sp³-hybridized carbons (Fsp3) is 0.417. The number of carbonyl (C=O) groups excluding carboxylic acids is 1. The minimum atomic E-state index is -0.584. The number of nitrogens with one attached hydrogen (secondary N) is 1. The fourth-order valence-corrected chi connectivity index (χ4v) is 1.33. The van der Waals surface area contributed by atoms with Gasteiger partial charge < -0.3 is 5.32 Å². The van der Waals surface area contributed by atoms with Gasteiger partial charge in [0.1, 0.15) is 0 Å². The maximum atomic E-state index is 11.8. The van der Waals surface area contributed by atoms with E-state index in [9.17, 15) is 4.79 Å². The normalized spacial score (nSPS) is 11.3. The summed E-state index contributed by atoms with van der Waals surface area (Å²) in [6.07, 6.45) is 0. The Bertz CT molecular complexity index is 402. The Balaban J connectivity index is 2.82. The number of amides is 1. The summed E-state index contributed by atoms with van der Waals surface area (Å²) in [6, 6.07) is 5.42. The highest BCUT2D eigenvalue weighted by Crippen LogP contribution is 2.23. The van der Waals surface area contributed by atoms with Gasteiger partial charge in [0.15, 0.2) is 0 Å². The van der Waals surface area contributed by atoms with E-state index in [-0.39, 0.29) is 11.8 Å². The van der Waals surface area contributed by atoms with Crippen LogP contribution in [0.2, 0.25) is 5.02 Å². The number of hydrogen-bond donors (Lipinski definition) is 1. The summed E-state index contributed by atoms with van der Waals surface area (Å²) in [5.74, 6) is 0.167. The zero-order chi connectivity index (χ0) is 12.3. The Hall–Kier alpha value is -0.730. The molecule has 1 aromatic rings. The van der Waals surface area contributed by atoms with Gasteiger partial charge in [0, 0.05) is 16.6 Å². The third-order valence-electron chi connectivity index (χ3n) is 2.38. The first-order valence-electron chi connectivity index (χ1n) is 5.00. The number of carbonyl (C=O) groups is 1. The van der Waals surface area contributed by atoms with E-state index in [4.69, 9.17) is 23.2 Å². The molecule has 0 heterocycles. The molecule has 0 bridgehead atoms. The van der Waals surface area contributed by atoms with Gasteiger partial charge in [0.25, 0.3) is 0 Å². The molecule has 2 nitrogen and oxygen atoms in total. The first kappa shape index (κ1) is 13.3. The van der Waals surface area contributed by atoms with Crippen molar-refractivity contribution in [3.63, 3.8) is 0 Å². The van der Waals surface area contributed by atoms with E-state index in [0.717, 1.165) is 5.56 Å². The first-order chi connectivity index (χ1) is 7.36. The summed E-state index contributed by atoms with van der Waals surface area (Å²) in [7, 11) is 0. The van der Waals surface area contributed by atoms with E-state index in [1.807, 2.05) is 19.1 Å². The lowest BCUT2D eigenvalue weighted by Crippen LogP contribution is -2.32. The Labute approximate surface area is 106 Å². The molecule has 16 heavy (non-hydrogen) atoms. The lowest BCUT2D eigenvalue weighted by molar-refractivity contribution is -0.122. The third-order valence-corrected chi connectivity index (χ3v) is 3.45. The number of benzene rings is 1. The molecule has 1 rings (SSSR count). The Morgan fingerprint density at radius 1 is 1.44 bits per heavy atom. The fourth-order valence-electron chi connectivity index (χ4n) is 1.03. The molecular formula is C12H15Cl2NO. The van der Waals surface area contributed by atoms with Crippen molar-refractivity contribution in [2.24, 2.45) is 5.41 Å². The van der Waals surface area contributed by atoms with Gasteiger partial charge in [0.05, 0.1) is 5.41 Å². The topological polar surface area (TPSA) is 29.1 Å². The molecule has 0 aromatic heterocycles. The van der Waals surface area contributed by atoms with Crippen molar-refractivity contribution in [3.05, 3.63) is 28.8 Å². The van der Waals surface area contributed by atoms with Gasteiger partial charge in [-0.15, -0.1) is 11.6 Å². The van der Waals surface area contributed by atoms with E-state index < -0.39 is 5.41 Å². The van der Waals surface area contributed by atoms with Gasteiger partial charge in [0.2, 0.25) is 5.91 Å². The molecule has 1 aromatic carbocycles. The molecule has 0 aliphatic carbocycles. The zero-order valence-electron chi connectivity index (χ0n) is 9.60. The van der Waals surface area contributed by atoms with Gasteiger partial charge in [-0.1, -0.05) is 17.7 Å². The quantitative estimate of drug-likeness (QED) is 0.821. The highest BCUT2D eigenvalue weighted by atomic mass is 35.5. The number of rotatable bonds is 3. The van der Waals surface area contributed by atoms with Crippen molar-refractivity contribution in [2.75, 3.05) is 11.2 Å². The van der Waals surface area contributed by atoms with Gasteiger partial charge in [-0.25, -0.2) is 0 Å². The first-order valence-corrected chi connectivity index (χ1v) is 5.91. The Kier molecular flexibility index (Phi) is 4.22. The maximum absolute atomic E-state index is 11.8. The molecule has 0 atom stereocenters. The van der Waals surface area contributed by atoms with Crippen LogP contribution in [0.1, 0.15) is 19.4 Å². The summed E-state index contributed by atoms with van der Waals surface area (Å²) in [5, 5.41) is 3.43. The number of anilines is 1. The van der Waals surface area contributed by atoms with Crippen LogP contribution >= 0.6 is 23.2 Å². The van der Waals surface area contributed by atoms with Crippen LogP contribution in [0.15, 0.2) is 18.2 Å². The van der Waals surface area contributed by atoms with Crippen LogP contribution < -0.4 is 5.32 Å². The summed E-state index contributed by atoms with van der Waals surface area (Å²) in [4.78, 5) is 11.8. The van der Waals surface area contributed by atoms with E-state index in [1.54, 1.807) is 19.9 Å². The standard InChI is InChI=1S/C12H15Cl2NO/c1-8-4-5-9(6-10(8)14)15-11(16)12(2,3)7-13/h4-6H,7H2,1-3H3,(H,15,16). The molecule has 4 heteroatoms. The molecule has 0 saturated heterocycles. The van der Waals surface area contributed by atoms with Crippen LogP contribution in [-0.4, -0.2) is 11.8 Å². The lowest BCUT2D eigenvalue weighted by atomic mass is 9.95. The highest BCUT2D eigenvalue weighted by molar-refractivity contribution is 6.31. The van der Waals surface area contributed by atoms with E-state index >= 15 is 0 Å². The van der Waals surface area contributed by atoms with Gasteiger partial charge in [-0.3, -0.25) is 4.79 Å². The van der Waals surface area contributed by atoms with Crippen LogP contribution in [0.5, 0.6) is 0 Å². The molecule has 0 fully saturated rings. The minimum Gasteiger partial charge on any atom is -0.326 e. The number of alkyl halides is 1. The molecule has 0 radical (unpaired) electrons. The molecule has 0 saturated carbocycles. The van der Waals surface area contributed by atoms with Crippen LogP contribution in [0.3, 0.4) is 0 Å². The van der Waals surface area contributed by atoms with Crippen LogP contribution in [0.25, 0.3) is 0 Å². The van der Waals surface area contributed by atoms with Crippen LogP contribution in [-0.2, 0) is 4.79 Å². The molecule has 0 spiro atoms. The van der Waals surface area contributed by atoms with Gasteiger partial charge >= 0.3 is 0 Å². The molecule has 88 valence electrons. The maximum Gasteiger partial charge on any atom is 0.231 e. The summed E-state index contributed by atoms with van der Waals surface area (Å²) >= 11 is 11.7. The second kappa shape index (κ2) is 5.07. The third kappa shape index (κ3) is 3.13. The van der Waals surface area contributed by atoms with Crippen molar-refractivity contribution < 1.29 is 4.79 Å². The zero-order valence-corrected chi connectivity index (χ0v) is 11.1. The van der Waals surface area contributed by atoms with E-state index in [0.29, 0.717) is 10.7 Å². The van der Waals surface area contributed by atoms with Crippen molar-refractivity contribution >= 4 is 34.8 Å². The second-order valence-corrected chi connectivity index (χ2v) is 5.11. The van der Waals surface area contributed by atoms with E-state index in [2.05, 4.69) is 5.32 Å². The summed E-state index contributed by atoms with van der Waals surface area (Å²) < 4.78 is 0. The van der Waals surface area contributed by atoms with E-state index in [1.165, 1.54) is 0 Å². The molecule has 0 unspecified atom stereocenters. The molecule has 0 aliphatic rings. The molecular weight excluding hydrogens is 245 g/mol. The summed E-state index contributed by atoms with van der Waals surface area (Å²) in [5.41, 5.74) is 1.09. The Morgan fingerprint density at radius 3 is 2.56 bits per heavy atom. The Morgan fingerprint density at radius 2 is 2.06 bits per heavy atom. The highest BCUT2D eigenvalue weighted by Gasteiger charge is 2.26. The number of aryl methyl sites for hydroxylation is 1. The lowest BCUT2D eigenvalue weighted by Gasteiger charge is -2.20. The average Bonchev–Trinajstić information content (AvgIpc) is 2.23. The number of hydrogen-bond acceptors (Lipinski definition) is 1.